The lowest BCUT2D eigenvalue weighted by Gasteiger charge is -2.30. The second-order valence-corrected chi connectivity index (χ2v) is 23.2. The molecule has 0 aromatic rings. The van der Waals surface area contributed by atoms with E-state index in [1.165, 1.54) is 135 Å². The van der Waals surface area contributed by atoms with Crippen molar-refractivity contribution in [3.8, 4) is 0 Å². The summed E-state index contributed by atoms with van der Waals surface area (Å²) in [5.41, 5.74) is 0. The summed E-state index contributed by atoms with van der Waals surface area (Å²) in [6, 6.07) is -0.889. The molecule has 74 heavy (non-hydrogen) atoms. The van der Waals surface area contributed by atoms with Crippen LogP contribution in [0.4, 0.5) is 0 Å². The Morgan fingerprint density at radius 2 is 0.865 bits per heavy atom. The third-order valence-electron chi connectivity index (χ3n) is 13.4. The summed E-state index contributed by atoms with van der Waals surface area (Å²) in [4.78, 5) is 39.9. The number of allylic oxidation sites excluding steroid dienone is 11. The monoisotopic (exact) mass is 1060 g/mol. The molecule has 3 unspecified atom stereocenters. The quantitative estimate of drug-likeness (QED) is 0.0212. The zero-order valence-corrected chi connectivity index (χ0v) is 49.9. The predicted molar refractivity (Wildman–Crippen MR) is 316 cm³/mol. The van der Waals surface area contributed by atoms with Crippen molar-refractivity contribution >= 4 is 19.7 Å². The number of carbonyl (C=O) groups excluding carboxylic acids is 2. The first kappa shape index (κ1) is 71.5. The second-order valence-electron chi connectivity index (χ2n) is 21.8. The molecule has 0 fully saturated rings. The number of unbranched alkanes of at least 4 members (excludes halogenated alkanes) is 29. The Kier molecular flexibility index (Phi) is 52.0. The van der Waals surface area contributed by atoms with Gasteiger partial charge in [-0.2, -0.15) is 0 Å². The topological polar surface area (TPSA) is 114 Å². The van der Waals surface area contributed by atoms with Gasteiger partial charge in [0.2, 0.25) is 5.91 Å². The van der Waals surface area contributed by atoms with Crippen LogP contribution in [0.5, 0.6) is 0 Å². The molecular weight excluding hydrogens is 940 g/mol. The largest absolute Gasteiger partial charge is 0.756 e. The molecule has 0 rings (SSSR count). The van der Waals surface area contributed by atoms with Gasteiger partial charge in [-0.05, 0) is 76.7 Å². The minimum atomic E-state index is -4.69. The fourth-order valence-corrected chi connectivity index (χ4v) is 9.39. The van der Waals surface area contributed by atoms with E-state index in [0.717, 1.165) is 103 Å². The first-order chi connectivity index (χ1) is 35.9. The Morgan fingerprint density at radius 1 is 0.486 bits per heavy atom. The van der Waals surface area contributed by atoms with Crippen LogP contribution in [0.15, 0.2) is 72.9 Å². The van der Waals surface area contributed by atoms with E-state index in [1.807, 2.05) is 33.3 Å². The number of ether oxygens (including phenoxy) is 1. The molecule has 1 amide bonds. The van der Waals surface area contributed by atoms with Crippen LogP contribution in [-0.2, 0) is 27.9 Å². The van der Waals surface area contributed by atoms with E-state index in [4.69, 9.17) is 13.8 Å². The molecule has 0 aromatic heterocycles. The summed E-state index contributed by atoms with van der Waals surface area (Å²) in [7, 11) is 1.18. The molecule has 0 aromatic carbocycles. The maximum atomic E-state index is 13.5. The summed E-state index contributed by atoms with van der Waals surface area (Å²) in [6.45, 7) is 6.72. The number of likely N-dealkylation sites (N-methyl/N-ethyl adjacent to an activating group) is 1. The Hall–Kier alpha value is -2.55. The number of carbonyl (C=O) groups is 2. The molecule has 0 saturated carbocycles. The van der Waals surface area contributed by atoms with Crippen molar-refractivity contribution in [3.05, 3.63) is 72.9 Å². The van der Waals surface area contributed by atoms with E-state index < -0.39 is 20.0 Å². The maximum Gasteiger partial charge on any atom is 0.306 e. The van der Waals surface area contributed by atoms with Gasteiger partial charge in [-0.25, -0.2) is 0 Å². The molecule has 3 atom stereocenters. The van der Waals surface area contributed by atoms with E-state index in [2.05, 4.69) is 86.8 Å². The van der Waals surface area contributed by atoms with E-state index >= 15 is 0 Å². The first-order valence-corrected chi connectivity index (χ1v) is 32.2. The van der Waals surface area contributed by atoms with Gasteiger partial charge in [-0.15, -0.1) is 0 Å². The van der Waals surface area contributed by atoms with Crippen molar-refractivity contribution in [2.24, 2.45) is 0 Å². The minimum Gasteiger partial charge on any atom is -0.756 e. The maximum absolute atomic E-state index is 13.5. The highest BCUT2D eigenvalue weighted by atomic mass is 31.2. The number of hydrogen-bond acceptors (Lipinski definition) is 7. The van der Waals surface area contributed by atoms with Crippen LogP contribution in [0, 0.1) is 0 Å². The summed E-state index contributed by atoms with van der Waals surface area (Å²) >= 11 is 0. The van der Waals surface area contributed by atoms with Gasteiger partial charge in [0.15, 0.2) is 0 Å². The van der Waals surface area contributed by atoms with E-state index in [9.17, 15) is 19.0 Å². The number of phosphoric acid groups is 1. The Bertz CT molecular complexity index is 1500. The molecule has 0 bridgehead atoms. The lowest BCUT2D eigenvalue weighted by Crippen LogP contribution is -2.47. The molecule has 0 heterocycles. The lowest BCUT2D eigenvalue weighted by atomic mass is 10.0. The second kappa shape index (κ2) is 53.8. The van der Waals surface area contributed by atoms with Gasteiger partial charge in [-0.1, -0.05) is 255 Å². The van der Waals surface area contributed by atoms with Gasteiger partial charge in [0.1, 0.15) is 19.3 Å². The van der Waals surface area contributed by atoms with Crippen LogP contribution < -0.4 is 10.2 Å². The number of nitrogens with one attached hydrogen (secondary N) is 1. The van der Waals surface area contributed by atoms with Gasteiger partial charge < -0.3 is 28.5 Å². The summed E-state index contributed by atoms with van der Waals surface area (Å²) in [6.07, 6.45) is 68.7. The third kappa shape index (κ3) is 54.2. The van der Waals surface area contributed by atoms with Crippen LogP contribution in [0.25, 0.3) is 0 Å². The number of quaternary nitrogens is 1. The zero-order valence-electron chi connectivity index (χ0n) is 49.0. The van der Waals surface area contributed by atoms with Crippen LogP contribution in [-0.4, -0.2) is 69.4 Å². The first-order valence-electron chi connectivity index (χ1n) is 30.7. The van der Waals surface area contributed by atoms with Gasteiger partial charge in [-0.3, -0.25) is 14.2 Å². The number of hydrogen-bond donors (Lipinski definition) is 1. The van der Waals surface area contributed by atoms with Crippen LogP contribution in [0.1, 0.15) is 271 Å². The summed E-state index contributed by atoms with van der Waals surface area (Å²) < 4.78 is 30.3. The lowest BCUT2D eigenvalue weighted by molar-refractivity contribution is -0.870. The molecule has 0 saturated heterocycles. The molecule has 0 aliphatic heterocycles. The van der Waals surface area contributed by atoms with Gasteiger partial charge in [0.25, 0.3) is 7.82 Å². The molecule has 0 aliphatic carbocycles. The Morgan fingerprint density at radius 3 is 1.30 bits per heavy atom. The van der Waals surface area contributed by atoms with Crippen molar-refractivity contribution in [3.63, 3.8) is 0 Å². The molecule has 10 heteroatoms. The van der Waals surface area contributed by atoms with Crippen molar-refractivity contribution in [1.29, 1.82) is 0 Å². The van der Waals surface area contributed by atoms with Crippen molar-refractivity contribution < 1.29 is 37.3 Å². The van der Waals surface area contributed by atoms with Gasteiger partial charge in [0.05, 0.1) is 33.8 Å². The molecule has 0 spiro atoms. The average Bonchev–Trinajstić information content (AvgIpc) is 3.36. The average molecular weight is 1060 g/mol. The summed E-state index contributed by atoms with van der Waals surface area (Å²) in [5, 5.41) is 3.02. The van der Waals surface area contributed by atoms with Gasteiger partial charge in [0, 0.05) is 12.8 Å². The molecule has 0 radical (unpaired) electrons. The predicted octanol–water partition coefficient (Wildman–Crippen LogP) is 18.2. The molecule has 1 N–H and O–H groups in total. The molecule has 0 aliphatic rings. The summed E-state index contributed by atoms with van der Waals surface area (Å²) in [5.74, 6) is -0.545. The highest BCUT2D eigenvalue weighted by Crippen LogP contribution is 2.38. The van der Waals surface area contributed by atoms with E-state index in [0.29, 0.717) is 17.4 Å². The number of esters is 1. The molecular formula is C64H117N2O7P. The normalized spacial score (nSPS) is 14.2. The Labute approximate surface area is 457 Å². The zero-order chi connectivity index (χ0) is 54.3. The number of phosphoric ester groups is 1. The van der Waals surface area contributed by atoms with Crippen molar-refractivity contribution in [2.75, 3.05) is 40.9 Å². The SMILES string of the molecule is CC/C=C\C/C=C\C/C=C\C/C=C\C/C=C\CCCCCCCCCCCC(=O)OC(/C=C\CCCCCCCCCCCC)C(COP(=O)([O-])OCC[N+](C)(C)C)NC(=O)CCCCCCCCCCCCC. The minimum absolute atomic E-state index is 0.0240. The van der Waals surface area contributed by atoms with Crippen LogP contribution >= 0.6 is 7.82 Å². The molecule has 430 valence electrons. The smallest absolute Gasteiger partial charge is 0.306 e. The van der Waals surface area contributed by atoms with Crippen LogP contribution in [0.3, 0.4) is 0 Å². The standard InChI is InChI=1S/C64H117N2O7P/c1-7-10-13-16-19-22-25-27-28-29-30-31-32-33-34-35-36-37-38-39-42-45-48-51-54-57-64(68)73-62(55-52-49-46-43-41-26-23-20-17-14-11-8-2)61(60-72-74(69,70)71-59-58-66(4,5)6)65-63(67)56-53-50-47-44-40-24-21-18-15-12-9-3/h10,13,19,22,27-28,30-31,33-34,52,55,61-62H,7-9,11-12,14-18,20-21,23-26,29,32,35-51,53-54,56-60H2,1-6H3,(H-,65,67,69,70)/b13-10-,22-19-,28-27-,31-30-,34-33-,55-52-. The highest BCUT2D eigenvalue weighted by molar-refractivity contribution is 7.45. The van der Waals surface area contributed by atoms with Gasteiger partial charge >= 0.3 is 5.97 Å². The third-order valence-corrected chi connectivity index (χ3v) is 14.4. The fraction of sp³-hybridized carbons (Fsp3) is 0.781. The van der Waals surface area contributed by atoms with Crippen LogP contribution in [0.2, 0.25) is 0 Å². The molecule has 9 nitrogen and oxygen atoms in total. The van der Waals surface area contributed by atoms with Crippen molar-refractivity contribution in [2.45, 2.75) is 283 Å². The van der Waals surface area contributed by atoms with Crippen molar-refractivity contribution in [1.82, 2.24) is 5.32 Å². The fourth-order valence-electron chi connectivity index (χ4n) is 8.67. The van der Waals surface area contributed by atoms with E-state index in [1.54, 1.807) is 0 Å². The number of rotatable bonds is 55. The number of nitrogens with zero attached hydrogens (tertiary/aromatic N) is 1. The van der Waals surface area contributed by atoms with E-state index in [-0.39, 0.29) is 31.5 Å². The Balaban J connectivity index is 5.12. The highest BCUT2D eigenvalue weighted by Gasteiger charge is 2.27. The number of amides is 1.